The summed E-state index contributed by atoms with van der Waals surface area (Å²) in [6, 6.07) is 6.75. The van der Waals surface area contributed by atoms with Crippen molar-refractivity contribution in [2.75, 3.05) is 13.1 Å². The second kappa shape index (κ2) is 7.05. The molecule has 2 heterocycles. The number of hydrogen-bond acceptors (Lipinski definition) is 3. The molecule has 0 saturated carbocycles. The van der Waals surface area contributed by atoms with Gasteiger partial charge in [-0.1, -0.05) is 6.07 Å². The number of nitrogens with zero attached hydrogens (tertiary/aromatic N) is 4. The molecule has 1 aliphatic heterocycles. The molecule has 140 valence electrons. The van der Waals surface area contributed by atoms with Crippen molar-refractivity contribution < 1.29 is 18.0 Å². The Kier molecular flexibility index (Phi) is 5.13. The van der Waals surface area contributed by atoms with Crippen molar-refractivity contribution in [3.8, 4) is 0 Å². The molecule has 3 rings (SSSR count). The van der Waals surface area contributed by atoms with Gasteiger partial charge in [-0.2, -0.15) is 13.2 Å². The van der Waals surface area contributed by atoms with Gasteiger partial charge in [-0.25, -0.2) is 9.48 Å². The zero-order valence-corrected chi connectivity index (χ0v) is 16.0. The Morgan fingerprint density at radius 1 is 1.27 bits per heavy atom. The minimum Gasteiger partial charge on any atom is -0.338 e. The van der Waals surface area contributed by atoms with Gasteiger partial charge in [-0.05, 0) is 53.6 Å². The largest absolute Gasteiger partial charge is 0.451 e. The number of hydrogen-bond donors (Lipinski definition) is 0. The number of rotatable bonds is 2. The maximum atomic E-state index is 12.9. The molecule has 0 spiro atoms. The highest BCUT2D eigenvalue weighted by Gasteiger charge is 2.39. The van der Waals surface area contributed by atoms with Gasteiger partial charge in [0.1, 0.15) is 0 Å². The van der Waals surface area contributed by atoms with Crippen LogP contribution >= 0.6 is 22.6 Å². The summed E-state index contributed by atoms with van der Waals surface area (Å²) in [7, 11) is 1.06. The SMILES string of the molecule is Cn1c(C(F)(F)F)nn(C2CCN(C(=O)c3cccc(I)c3)CC2)c1=O. The van der Waals surface area contributed by atoms with E-state index >= 15 is 0 Å². The Balaban J connectivity index is 1.73. The molecular formula is C16H16F3IN4O2. The maximum absolute atomic E-state index is 12.9. The first-order valence-corrected chi connectivity index (χ1v) is 9.04. The van der Waals surface area contributed by atoms with Crippen LogP contribution in [0.5, 0.6) is 0 Å². The molecule has 1 amide bonds. The van der Waals surface area contributed by atoms with Crippen molar-refractivity contribution in [2.24, 2.45) is 7.05 Å². The van der Waals surface area contributed by atoms with Crippen LogP contribution in [0.2, 0.25) is 0 Å². The number of alkyl halides is 3. The fraction of sp³-hybridized carbons (Fsp3) is 0.438. The van der Waals surface area contributed by atoms with Crippen LogP contribution in [0, 0.1) is 3.57 Å². The summed E-state index contributed by atoms with van der Waals surface area (Å²) in [5.74, 6) is -1.33. The van der Waals surface area contributed by atoms with E-state index in [9.17, 15) is 22.8 Å². The van der Waals surface area contributed by atoms with E-state index < -0.39 is 23.7 Å². The topological polar surface area (TPSA) is 60.1 Å². The van der Waals surface area contributed by atoms with Gasteiger partial charge in [-0.15, -0.1) is 5.10 Å². The first-order chi connectivity index (χ1) is 12.2. The van der Waals surface area contributed by atoms with Crippen molar-refractivity contribution in [3.63, 3.8) is 0 Å². The first-order valence-electron chi connectivity index (χ1n) is 7.96. The van der Waals surface area contributed by atoms with Crippen LogP contribution in [0.3, 0.4) is 0 Å². The molecular weight excluding hydrogens is 464 g/mol. The molecule has 1 aromatic carbocycles. The lowest BCUT2D eigenvalue weighted by atomic mass is 10.0. The van der Waals surface area contributed by atoms with Gasteiger partial charge in [0.25, 0.3) is 5.91 Å². The molecule has 10 heteroatoms. The lowest BCUT2D eigenvalue weighted by Gasteiger charge is -2.31. The van der Waals surface area contributed by atoms with Crippen LogP contribution in [0.1, 0.15) is 35.1 Å². The van der Waals surface area contributed by atoms with Gasteiger partial charge in [0.05, 0.1) is 6.04 Å². The number of amides is 1. The molecule has 26 heavy (non-hydrogen) atoms. The van der Waals surface area contributed by atoms with Crippen LogP contribution in [-0.2, 0) is 13.2 Å². The van der Waals surface area contributed by atoms with Crippen molar-refractivity contribution in [1.82, 2.24) is 19.2 Å². The van der Waals surface area contributed by atoms with Gasteiger partial charge < -0.3 is 4.90 Å². The van der Waals surface area contributed by atoms with Crippen molar-refractivity contribution in [3.05, 3.63) is 49.7 Å². The van der Waals surface area contributed by atoms with Gasteiger partial charge in [0.2, 0.25) is 5.82 Å². The number of benzene rings is 1. The smallest absolute Gasteiger partial charge is 0.338 e. The highest BCUT2D eigenvalue weighted by molar-refractivity contribution is 14.1. The summed E-state index contributed by atoms with van der Waals surface area (Å²) in [4.78, 5) is 26.3. The summed E-state index contributed by atoms with van der Waals surface area (Å²) in [5, 5.41) is 3.48. The Morgan fingerprint density at radius 2 is 1.92 bits per heavy atom. The van der Waals surface area contributed by atoms with Crippen molar-refractivity contribution >= 4 is 28.5 Å². The number of halogens is 4. The van der Waals surface area contributed by atoms with Crippen LogP contribution < -0.4 is 5.69 Å². The van der Waals surface area contributed by atoms with E-state index in [4.69, 9.17) is 0 Å². The second-order valence-electron chi connectivity index (χ2n) is 6.14. The molecule has 0 bridgehead atoms. The Morgan fingerprint density at radius 3 is 2.46 bits per heavy atom. The first kappa shape index (κ1) is 18.9. The van der Waals surface area contributed by atoms with E-state index in [2.05, 4.69) is 27.7 Å². The highest BCUT2D eigenvalue weighted by Crippen LogP contribution is 2.28. The molecule has 2 aromatic rings. The van der Waals surface area contributed by atoms with Crippen LogP contribution in [-0.4, -0.2) is 38.2 Å². The summed E-state index contributed by atoms with van der Waals surface area (Å²) in [6.07, 6.45) is -3.92. The fourth-order valence-electron chi connectivity index (χ4n) is 3.06. The molecule has 0 atom stereocenters. The average molecular weight is 480 g/mol. The summed E-state index contributed by atoms with van der Waals surface area (Å²) in [6.45, 7) is 0.721. The van der Waals surface area contributed by atoms with Gasteiger partial charge in [-0.3, -0.25) is 9.36 Å². The van der Waals surface area contributed by atoms with E-state index in [1.807, 2.05) is 6.07 Å². The molecule has 6 nitrogen and oxygen atoms in total. The predicted molar refractivity (Wildman–Crippen MR) is 95.8 cm³/mol. The maximum Gasteiger partial charge on any atom is 0.451 e. The monoisotopic (exact) mass is 480 g/mol. The summed E-state index contributed by atoms with van der Waals surface area (Å²) < 4.78 is 41.1. The van der Waals surface area contributed by atoms with Gasteiger partial charge in [0.15, 0.2) is 0 Å². The zero-order valence-electron chi connectivity index (χ0n) is 13.8. The molecule has 1 aromatic heterocycles. The van der Waals surface area contributed by atoms with Gasteiger partial charge >= 0.3 is 11.9 Å². The predicted octanol–water partition coefficient (Wildman–Crippen LogP) is 2.68. The highest BCUT2D eigenvalue weighted by atomic mass is 127. The molecule has 1 saturated heterocycles. The molecule has 1 aliphatic rings. The van der Waals surface area contributed by atoms with Crippen LogP contribution in [0.25, 0.3) is 0 Å². The van der Waals surface area contributed by atoms with E-state index in [1.54, 1.807) is 23.1 Å². The van der Waals surface area contributed by atoms with Gasteiger partial charge in [0, 0.05) is 29.3 Å². The van der Waals surface area contributed by atoms with Crippen molar-refractivity contribution in [1.29, 1.82) is 0 Å². The normalized spacial score (nSPS) is 16.1. The summed E-state index contributed by atoms with van der Waals surface area (Å²) >= 11 is 2.12. The third kappa shape index (κ3) is 3.64. The Hall–Kier alpha value is -1.85. The molecule has 1 fully saturated rings. The second-order valence-corrected chi connectivity index (χ2v) is 7.39. The Labute approximate surface area is 160 Å². The number of likely N-dealkylation sites (tertiary alicyclic amines) is 1. The lowest BCUT2D eigenvalue weighted by Crippen LogP contribution is -2.41. The van der Waals surface area contributed by atoms with Crippen LogP contribution in [0.15, 0.2) is 29.1 Å². The molecule has 0 N–H and O–H groups in total. The van der Waals surface area contributed by atoms with Crippen LogP contribution in [0.4, 0.5) is 13.2 Å². The molecule has 0 radical (unpaired) electrons. The lowest BCUT2D eigenvalue weighted by molar-refractivity contribution is -0.147. The molecule has 0 unspecified atom stereocenters. The van der Waals surface area contributed by atoms with E-state index in [0.29, 0.717) is 36.1 Å². The quantitative estimate of drug-likeness (QED) is 0.622. The van der Waals surface area contributed by atoms with Crippen molar-refractivity contribution in [2.45, 2.75) is 25.1 Å². The number of carbonyl (C=O) groups is 1. The van der Waals surface area contributed by atoms with E-state index in [0.717, 1.165) is 15.3 Å². The Bertz CT molecular complexity index is 882. The van der Waals surface area contributed by atoms with E-state index in [1.165, 1.54) is 0 Å². The number of carbonyl (C=O) groups excluding carboxylic acids is 1. The number of piperidine rings is 1. The standard InChI is InChI=1S/C16H16F3IN4O2/c1-22-14(16(17,18)19)21-24(15(22)26)12-5-7-23(8-6-12)13(25)10-3-2-4-11(20)9-10/h2-4,9,12H,5-8H2,1H3. The molecule has 0 aliphatic carbocycles. The average Bonchev–Trinajstić information content (AvgIpc) is 2.90. The minimum absolute atomic E-state index is 0.119. The number of aromatic nitrogens is 3. The fourth-order valence-corrected chi connectivity index (χ4v) is 3.60. The van der Waals surface area contributed by atoms with E-state index in [-0.39, 0.29) is 5.91 Å². The zero-order chi connectivity index (χ0) is 19.1. The third-order valence-electron chi connectivity index (χ3n) is 4.43. The minimum atomic E-state index is -4.68. The summed E-state index contributed by atoms with van der Waals surface area (Å²) in [5.41, 5.74) is -0.218. The third-order valence-corrected chi connectivity index (χ3v) is 5.10.